The van der Waals surface area contributed by atoms with E-state index in [4.69, 9.17) is 4.74 Å². The average molecular weight is 363 g/mol. The summed E-state index contributed by atoms with van der Waals surface area (Å²) in [7, 11) is 0. The van der Waals surface area contributed by atoms with Gasteiger partial charge in [-0.1, -0.05) is 26.0 Å². The Labute approximate surface area is 139 Å². The van der Waals surface area contributed by atoms with Crippen molar-refractivity contribution in [2.45, 2.75) is 26.7 Å². The molecule has 0 saturated heterocycles. The summed E-state index contributed by atoms with van der Waals surface area (Å²) in [5, 5.41) is 2.71. The number of carbonyl (C=O) groups excluding carboxylic acids is 1. The molecule has 0 spiro atoms. The number of aromatic nitrogens is 1. The third-order valence-corrected chi connectivity index (χ3v) is 4.04. The first-order chi connectivity index (χ1) is 10.5. The number of hydrogen-bond donors (Lipinski definition) is 1. The van der Waals surface area contributed by atoms with E-state index in [0.717, 1.165) is 10.2 Å². The Hall–Kier alpha value is -1.88. The standard InChI is InChI=1S/C17H19BrN2O2/c1-11(2)13-4-6-14(7-5-13)22-10-17(21)20-16-9-8-15(18)12(3)19-16/h4-9,11H,10H2,1-3H3,(H,19,20,21). The van der Waals surface area contributed by atoms with Gasteiger partial charge < -0.3 is 10.1 Å². The molecule has 0 fully saturated rings. The third kappa shape index (κ3) is 4.56. The van der Waals surface area contributed by atoms with E-state index in [0.29, 0.717) is 17.5 Å². The van der Waals surface area contributed by atoms with E-state index in [1.165, 1.54) is 5.56 Å². The lowest BCUT2D eigenvalue weighted by molar-refractivity contribution is -0.118. The van der Waals surface area contributed by atoms with Crippen molar-refractivity contribution in [3.8, 4) is 5.75 Å². The van der Waals surface area contributed by atoms with E-state index < -0.39 is 0 Å². The summed E-state index contributed by atoms with van der Waals surface area (Å²) in [6.45, 7) is 6.09. The molecular formula is C17H19BrN2O2. The number of benzene rings is 1. The number of amides is 1. The van der Waals surface area contributed by atoms with E-state index in [1.54, 1.807) is 6.07 Å². The van der Waals surface area contributed by atoms with Crippen molar-refractivity contribution >= 4 is 27.7 Å². The minimum atomic E-state index is -0.234. The van der Waals surface area contributed by atoms with Gasteiger partial charge in [0.1, 0.15) is 11.6 Å². The summed E-state index contributed by atoms with van der Waals surface area (Å²) in [5.74, 6) is 1.44. The number of aryl methyl sites for hydroxylation is 1. The quantitative estimate of drug-likeness (QED) is 0.862. The molecule has 0 aliphatic rings. The third-order valence-electron chi connectivity index (χ3n) is 3.21. The molecule has 0 atom stereocenters. The van der Waals surface area contributed by atoms with E-state index in [1.807, 2.05) is 37.3 Å². The van der Waals surface area contributed by atoms with Gasteiger partial charge in [0.2, 0.25) is 0 Å². The molecule has 0 aliphatic heterocycles. The number of pyridine rings is 1. The fourth-order valence-corrected chi connectivity index (χ4v) is 2.11. The monoisotopic (exact) mass is 362 g/mol. The van der Waals surface area contributed by atoms with Crippen LogP contribution in [0.25, 0.3) is 0 Å². The van der Waals surface area contributed by atoms with Gasteiger partial charge in [-0.2, -0.15) is 0 Å². The maximum absolute atomic E-state index is 11.9. The van der Waals surface area contributed by atoms with E-state index in [-0.39, 0.29) is 12.5 Å². The van der Waals surface area contributed by atoms with Gasteiger partial charge in [-0.15, -0.1) is 0 Å². The zero-order chi connectivity index (χ0) is 16.1. The number of nitrogens with zero attached hydrogens (tertiary/aromatic N) is 1. The van der Waals surface area contributed by atoms with E-state index >= 15 is 0 Å². The number of nitrogens with one attached hydrogen (secondary N) is 1. The molecule has 0 saturated carbocycles. The second-order valence-corrected chi connectivity index (χ2v) is 6.18. The van der Waals surface area contributed by atoms with Gasteiger partial charge in [0.05, 0.1) is 5.69 Å². The van der Waals surface area contributed by atoms with Gasteiger partial charge in [0.15, 0.2) is 6.61 Å². The first kappa shape index (κ1) is 16.5. The zero-order valence-electron chi connectivity index (χ0n) is 12.9. The number of carbonyl (C=O) groups is 1. The summed E-state index contributed by atoms with van der Waals surface area (Å²) in [5.41, 5.74) is 2.06. The van der Waals surface area contributed by atoms with Crippen LogP contribution in [0.15, 0.2) is 40.9 Å². The van der Waals surface area contributed by atoms with Crippen LogP contribution in [0.1, 0.15) is 31.0 Å². The summed E-state index contributed by atoms with van der Waals surface area (Å²) in [6.07, 6.45) is 0. The molecule has 4 nitrogen and oxygen atoms in total. The Morgan fingerprint density at radius 2 is 1.91 bits per heavy atom. The van der Waals surface area contributed by atoms with Crippen LogP contribution >= 0.6 is 15.9 Å². The van der Waals surface area contributed by atoms with Crippen LogP contribution in [0.4, 0.5) is 5.82 Å². The van der Waals surface area contributed by atoms with Crippen molar-refractivity contribution in [1.82, 2.24) is 4.98 Å². The molecule has 1 aromatic carbocycles. The van der Waals surface area contributed by atoms with Crippen LogP contribution in [-0.2, 0) is 4.79 Å². The zero-order valence-corrected chi connectivity index (χ0v) is 14.5. The number of anilines is 1. The predicted molar refractivity (Wildman–Crippen MR) is 91.3 cm³/mol. The first-order valence-electron chi connectivity index (χ1n) is 7.11. The molecule has 2 aromatic rings. The molecular weight excluding hydrogens is 344 g/mol. The Balaban J connectivity index is 1.88. The van der Waals surface area contributed by atoms with Crippen molar-refractivity contribution in [3.63, 3.8) is 0 Å². The summed E-state index contributed by atoms with van der Waals surface area (Å²) in [4.78, 5) is 16.1. The second-order valence-electron chi connectivity index (χ2n) is 5.32. The topological polar surface area (TPSA) is 51.2 Å². The van der Waals surface area contributed by atoms with Crippen molar-refractivity contribution in [2.75, 3.05) is 11.9 Å². The Morgan fingerprint density at radius 3 is 2.50 bits per heavy atom. The lowest BCUT2D eigenvalue weighted by Gasteiger charge is -2.09. The lowest BCUT2D eigenvalue weighted by Crippen LogP contribution is -2.20. The normalized spacial score (nSPS) is 10.6. The Bertz CT molecular complexity index is 654. The van der Waals surface area contributed by atoms with Crippen LogP contribution in [0.5, 0.6) is 5.75 Å². The molecule has 0 bridgehead atoms. The predicted octanol–water partition coefficient (Wildman–Crippen LogP) is 4.29. The maximum atomic E-state index is 11.9. The maximum Gasteiger partial charge on any atom is 0.263 e. The van der Waals surface area contributed by atoms with Gasteiger partial charge in [-0.25, -0.2) is 4.98 Å². The van der Waals surface area contributed by atoms with Gasteiger partial charge >= 0.3 is 0 Å². The number of ether oxygens (including phenoxy) is 1. The van der Waals surface area contributed by atoms with Crippen LogP contribution in [0.3, 0.4) is 0 Å². The van der Waals surface area contributed by atoms with Crippen LogP contribution < -0.4 is 10.1 Å². The van der Waals surface area contributed by atoms with E-state index in [2.05, 4.69) is 40.1 Å². The van der Waals surface area contributed by atoms with E-state index in [9.17, 15) is 4.79 Å². The highest BCUT2D eigenvalue weighted by atomic mass is 79.9. The lowest BCUT2D eigenvalue weighted by atomic mass is 10.0. The molecule has 5 heteroatoms. The highest BCUT2D eigenvalue weighted by Gasteiger charge is 2.06. The smallest absolute Gasteiger partial charge is 0.263 e. The number of rotatable bonds is 5. The molecule has 0 aliphatic carbocycles. The molecule has 1 amide bonds. The molecule has 22 heavy (non-hydrogen) atoms. The van der Waals surface area contributed by atoms with Crippen molar-refractivity contribution in [1.29, 1.82) is 0 Å². The van der Waals surface area contributed by atoms with Gasteiger partial charge in [0, 0.05) is 4.47 Å². The van der Waals surface area contributed by atoms with Gasteiger partial charge in [0.25, 0.3) is 5.91 Å². The average Bonchev–Trinajstić information content (AvgIpc) is 2.49. The molecule has 1 heterocycles. The Kier molecular flexibility index (Phi) is 5.55. The van der Waals surface area contributed by atoms with Gasteiger partial charge in [-0.05, 0) is 58.6 Å². The SMILES string of the molecule is Cc1nc(NC(=O)COc2ccc(C(C)C)cc2)ccc1Br. The highest BCUT2D eigenvalue weighted by Crippen LogP contribution is 2.19. The summed E-state index contributed by atoms with van der Waals surface area (Å²) < 4.78 is 6.39. The molecule has 1 N–H and O–H groups in total. The van der Waals surface area contributed by atoms with Crippen molar-refractivity contribution in [3.05, 3.63) is 52.1 Å². The molecule has 116 valence electrons. The second kappa shape index (κ2) is 7.40. The summed E-state index contributed by atoms with van der Waals surface area (Å²) >= 11 is 3.37. The minimum absolute atomic E-state index is 0.0438. The van der Waals surface area contributed by atoms with Crippen molar-refractivity contribution in [2.24, 2.45) is 0 Å². The summed E-state index contributed by atoms with van der Waals surface area (Å²) in [6, 6.07) is 11.4. The van der Waals surface area contributed by atoms with Crippen LogP contribution in [-0.4, -0.2) is 17.5 Å². The fraction of sp³-hybridized carbons (Fsp3) is 0.294. The minimum Gasteiger partial charge on any atom is -0.484 e. The fourth-order valence-electron chi connectivity index (χ4n) is 1.89. The molecule has 1 aromatic heterocycles. The number of halogens is 1. The van der Waals surface area contributed by atoms with Crippen molar-refractivity contribution < 1.29 is 9.53 Å². The largest absolute Gasteiger partial charge is 0.484 e. The molecule has 0 radical (unpaired) electrons. The van der Waals surface area contributed by atoms with Crippen LogP contribution in [0, 0.1) is 6.92 Å². The van der Waals surface area contributed by atoms with Gasteiger partial charge in [-0.3, -0.25) is 4.79 Å². The van der Waals surface area contributed by atoms with Crippen LogP contribution in [0.2, 0.25) is 0 Å². The highest BCUT2D eigenvalue weighted by molar-refractivity contribution is 9.10. The molecule has 0 unspecified atom stereocenters. The Morgan fingerprint density at radius 1 is 1.23 bits per heavy atom. The first-order valence-corrected chi connectivity index (χ1v) is 7.91. The number of hydrogen-bond acceptors (Lipinski definition) is 3. The molecule has 2 rings (SSSR count).